The zero-order chi connectivity index (χ0) is 9.68. The molecule has 0 aromatic heterocycles. The summed E-state index contributed by atoms with van der Waals surface area (Å²) in [6.07, 6.45) is 0. The Morgan fingerprint density at radius 2 is 1.71 bits per heavy atom. The molecule has 0 unspecified atom stereocenters. The van der Waals surface area contributed by atoms with Gasteiger partial charge in [-0.3, -0.25) is 0 Å². The molecule has 1 aromatic carbocycles. The van der Waals surface area contributed by atoms with Crippen molar-refractivity contribution >= 4 is 20.5 Å². The summed E-state index contributed by atoms with van der Waals surface area (Å²) < 4.78 is 1.27. The van der Waals surface area contributed by atoms with Crippen LogP contribution in [-0.2, 0) is 6.54 Å². The molecular formula is C11H16NNaSe. The van der Waals surface area contributed by atoms with Crippen LogP contribution in [0.3, 0.4) is 0 Å². The van der Waals surface area contributed by atoms with Gasteiger partial charge in [0.1, 0.15) is 0 Å². The average molecular weight is 264 g/mol. The fourth-order valence-electron chi connectivity index (χ4n) is 1.32. The van der Waals surface area contributed by atoms with Gasteiger partial charge in [0.2, 0.25) is 0 Å². The largest absolute Gasteiger partial charge is 1.00 e. The summed E-state index contributed by atoms with van der Waals surface area (Å²) in [4.78, 5) is 2.41. The molecule has 0 spiro atoms. The Morgan fingerprint density at radius 1 is 1.14 bits per heavy atom. The molecule has 3 heteroatoms. The molecule has 1 rings (SSSR count). The molecular weight excluding hydrogens is 248 g/mol. The summed E-state index contributed by atoms with van der Waals surface area (Å²) in [5.41, 5.74) is 1.39. The van der Waals surface area contributed by atoms with Crippen LogP contribution in [0.2, 0.25) is 0 Å². The van der Waals surface area contributed by atoms with E-state index < -0.39 is 0 Å². The first kappa shape index (κ1) is 14.7. The third-order valence-electron chi connectivity index (χ3n) is 2.26. The van der Waals surface area contributed by atoms with E-state index in [9.17, 15) is 0 Å². The van der Waals surface area contributed by atoms with Crippen LogP contribution in [-0.4, -0.2) is 34.0 Å². The Morgan fingerprint density at radius 3 is 2.21 bits per heavy atom. The van der Waals surface area contributed by atoms with E-state index in [0.29, 0.717) is 0 Å². The van der Waals surface area contributed by atoms with Crippen molar-refractivity contribution in [1.82, 2.24) is 4.90 Å². The van der Waals surface area contributed by atoms with Gasteiger partial charge in [-0.2, -0.15) is 0 Å². The predicted octanol–water partition coefficient (Wildman–Crippen LogP) is -1.67. The second-order valence-corrected chi connectivity index (χ2v) is 3.99. The van der Waals surface area contributed by atoms with Gasteiger partial charge in [-0.1, -0.05) is 0 Å². The number of benzene rings is 1. The minimum Gasteiger partial charge on any atom is 1.00 e. The molecule has 1 aromatic rings. The fourth-order valence-corrected chi connectivity index (χ4v) is 1.77. The first-order valence-electron chi connectivity index (χ1n) is 4.75. The summed E-state index contributed by atoms with van der Waals surface area (Å²) >= 11 is 3.10. The first-order chi connectivity index (χ1) is 6.27. The normalized spacial score (nSPS) is 9.93. The summed E-state index contributed by atoms with van der Waals surface area (Å²) in [6.45, 7) is 7.68. The van der Waals surface area contributed by atoms with Gasteiger partial charge in [0.05, 0.1) is 0 Å². The maximum Gasteiger partial charge on any atom is 1.00 e. The summed E-state index contributed by atoms with van der Waals surface area (Å²) in [5.74, 6) is 0. The van der Waals surface area contributed by atoms with Crippen molar-refractivity contribution < 1.29 is 29.6 Å². The molecule has 0 aliphatic rings. The molecule has 72 valence electrons. The molecule has 0 amide bonds. The monoisotopic (exact) mass is 265 g/mol. The van der Waals surface area contributed by atoms with Gasteiger partial charge < -0.3 is 0 Å². The van der Waals surface area contributed by atoms with Crippen LogP contribution in [0, 0.1) is 0 Å². The van der Waals surface area contributed by atoms with E-state index in [-0.39, 0.29) is 29.6 Å². The van der Waals surface area contributed by atoms with E-state index in [1.807, 2.05) is 0 Å². The van der Waals surface area contributed by atoms with Crippen LogP contribution in [0.15, 0.2) is 24.3 Å². The van der Waals surface area contributed by atoms with E-state index in [0.717, 1.165) is 19.6 Å². The van der Waals surface area contributed by atoms with Crippen molar-refractivity contribution in [3.05, 3.63) is 29.8 Å². The van der Waals surface area contributed by atoms with Crippen LogP contribution >= 0.6 is 0 Å². The van der Waals surface area contributed by atoms with E-state index in [2.05, 4.69) is 59.0 Å². The van der Waals surface area contributed by atoms with Crippen LogP contribution < -0.4 is 34.0 Å². The van der Waals surface area contributed by atoms with Crippen LogP contribution in [0.4, 0.5) is 0 Å². The average Bonchev–Trinajstić information content (AvgIpc) is 2.17. The van der Waals surface area contributed by atoms with E-state index >= 15 is 0 Å². The molecule has 0 bridgehead atoms. The summed E-state index contributed by atoms with van der Waals surface area (Å²) in [7, 11) is 0. The Balaban J connectivity index is 0.00000169. The van der Waals surface area contributed by atoms with Crippen molar-refractivity contribution in [2.45, 2.75) is 20.4 Å². The molecule has 1 nitrogen and oxygen atoms in total. The van der Waals surface area contributed by atoms with Gasteiger partial charge in [-0.05, 0) is 0 Å². The molecule has 0 aliphatic carbocycles. The Kier molecular flexibility index (Phi) is 8.32. The van der Waals surface area contributed by atoms with Gasteiger partial charge in [0, 0.05) is 0 Å². The fraction of sp³-hybridized carbons (Fsp3) is 0.455. The second-order valence-electron chi connectivity index (χ2n) is 3.07. The maximum absolute atomic E-state index is 3.10. The van der Waals surface area contributed by atoms with E-state index in [1.165, 1.54) is 10.0 Å². The minimum atomic E-state index is 0. The Labute approximate surface area is 117 Å². The smallest absolute Gasteiger partial charge is 1.00 e. The standard InChI is InChI=1S/C11H17NSe.Na/c1-3-12(4-2)9-10-7-5-6-8-11(10)13;/h5-8,13H,3-4,9H2,1-2H3;/q;+1/p-1. The first-order valence-corrected chi connectivity index (χ1v) is 5.60. The number of hydrogen-bond donors (Lipinski definition) is 0. The topological polar surface area (TPSA) is 3.24 Å². The summed E-state index contributed by atoms with van der Waals surface area (Å²) in [6, 6.07) is 8.47. The number of hydrogen-bond acceptors (Lipinski definition) is 1. The molecule has 0 atom stereocenters. The molecule has 0 radical (unpaired) electrons. The minimum absolute atomic E-state index is 0. The summed E-state index contributed by atoms with van der Waals surface area (Å²) in [5, 5.41) is 0. The maximum atomic E-state index is 3.10. The van der Waals surface area contributed by atoms with Crippen LogP contribution in [0.5, 0.6) is 0 Å². The molecule has 0 aliphatic heterocycles. The molecule has 0 fully saturated rings. The van der Waals surface area contributed by atoms with Crippen LogP contribution in [0.25, 0.3) is 0 Å². The zero-order valence-corrected chi connectivity index (χ0v) is 13.0. The number of rotatable bonds is 4. The van der Waals surface area contributed by atoms with Crippen molar-refractivity contribution in [2.24, 2.45) is 0 Å². The molecule has 0 saturated heterocycles. The SMILES string of the molecule is CCN(CC)Cc1ccccc1[Se-].[Na+]. The van der Waals surface area contributed by atoms with Gasteiger partial charge in [0.15, 0.2) is 0 Å². The third kappa shape index (κ3) is 4.48. The van der Waals surface area contributed by atoms with Crippen molar-refractivity contribution in [3.63, 3.8) is 0 Å². The van der Waals surface area contributed by atoms with Crippen LogP contribution in [0.1, 0.15) is 19.4 Å². The second kappa shape index (κ2) is 7.92. The van der Waals surface area contributed by atoms with Gasteiger partial charge in [-0.25, -0.2) is 0 Å². The van der Waals surface area contributed by atoms with Crippen molar-refractivity contribution in [3.8, 4) is 0 Å². The quantitative estimate of drug-likeness (QED) is 0.588. The zero-order valence-electron chi connectivity index (χ0n) is 9.29. The van der Waals surface area contributed by atoms with Gasteiger partial charge in [-0.15, -0.1) is 0 Å². The Hall–Kier alpha value is 0.699. The van der Waals surface area contributed by atoms with Gasteiger partial charge in [0.25, 0.3) is 0 Å². The molecule has 0 saturated carbocycles. The Bertz CT molecular complexity index is 261. The molecule has 14 heavy (non-hydrogen) atoms. The van der Waals surface area contributed by atoms with Crippen molar-refractivity contribution in [2.75, 3.05) is 13.1 Å². The third-order valence-corrected chi connectivity index (χ3v) is 3.10. The van der Waals surface area contributed by atoms with E-state index in [4.69, 9.17) is 0 Å². The molecule has 0 N–H and O–H groups in total. The predicted molar refractivity (Wildman–Crippen MR) is 58.5 cm³/mol. The van der Waals surface area contributed by atoms with Crippen molar-refractivity contribution in [1.29, 1.82) is 0 Å². The van der Waals surface area contributed by atoms with E-state index in [1.54, 1.807) is 0 Å². The number of nitrogens with zero attached hydrogens (tertiary/aromatic N) is 1. The van der Waals surface area contributed by atoms with Gasteiger partial charge >= 0.3 is 118 Å². The molecule has 0 heterocycles.